The smallest absolute Gasteiger partial charge is 0.263 e. The molecule has 1 heterocycles. The number of nitriles is 1. The lowest BCUT2D eigenvalue weighted by atomic mass is 10.1. The van der Waals surface area contributed by atoms with Gasteiger partial charge in [0.25, 0.3) is 6.43 Å². The Bertz CT molecular complexity index is 1170. The van der Waals surface area contributed by atoms with Gasteiger partial charge >= 0.3 is 0 Å². The molecule has 1 unspecified atom stereocenters. The number of carbonyl (C=O) groups excluding carboxylic acids is 1. The average molecular weight is 447 g/mol. The highest BCUT2D eigenvalue weighted by Crippen LogP contribution is 2.30. The number of nitrogens with two attached hydrogens (primary N) is 1. The van der Waals surface area contributed by atoms with E-state index >= 15 is 0 Å². The number of hydrazine groups is 1. The summed E-state index contributed by atoms with van der Waals surface area (Å²) in [6.45, 7) is 1.74. The van der Waals surface area contributed by atoms with E-state index in [-0.39, 0.29) is 34.3 Å². The van der Waals surface area contributed by atoms with Crippen LogP contribution < -0.4 is 20.9 Å². The fourth-order valence-electron chi connectivity index (χ4n) is 3.02. The second-order valence-corrected chi connectivity index (χ2v) is 8.44. The summed E-state index contributed by atoms with van der Waals surface area (Å²) in [5, 5.41) is 18.4. The number of hydrogen-bond acceptors (Lipinski definition) is 6. The molecule has 2 aromatic rings. The third kappa shape index (κ3) is 5.24. The van der Waals surface area contributed by atoms with Crippen molar-refractivity contribution in [3.63, 3.8) is 0 Å². The van der Waals surface area contributed by atoms with Crippen LogP contribution in [0.25, 0.3) is 0 Å². The minimum Gasteiger partial charge on any atom is -0.326 e. The first kappa shape index (κ1) is 22.4. The lowest BCUT2D eigenvalue weighted by Gasteiger charge is -2.21. The molecule has 8 nitrogen and oxygen atoms in total. The molecule has 4 N–H and O–H groups in total. The van der Waals surface area contributed by atoms with Crippen LogP contribution in [0.1, 0.15) is 24.5 Å². The van der Waals surface area contributed by atoms with Crippen molar-refractivity contribution < 1.29 is 22.0 Å². The highest BCUT2D eigenvalue weighted by molar-refractivity contribution is 7.89. The van der Waals surface area contributed by atoms with Crippen LogP contribution in [0.4, 0.5) is 20.2 Å². The van der Waals surface area contributed by atoms with Crippen molar-refractivity contribution in [1.82, 2.24) is 5.43 Å². The Morgan fingerprint density at radius 2 is 1.97 bits per heavy atom. The molecule has 1 amide bonds. The van der Waals surface area contributed by atoms with Gasteiger partial charge in [-0.25, -0.2) is 27.8 Å². The van der Waals surface area contributed by atoms with Crippen LogP contribution in [0.5, 0.6) is 0 Å². The van der Waals surface area contributed by atoms with Crippen molar-refractivity contribution >= 4 is 27.3 Å². The van der Waals surface area contributed by atoms with E-state index in [1.807, 2.05) is 6.07 Å². The van der Waals surface area contributed by atoms with E-state index < -0.39 is 22.4 Å². The van der Waals surface area contributed by atoms with Crippen LogP contribution in [-0.4, -0.2) is 20.4 Å². The zero-order chi connectivity index (χ0) is 22.8. The molecule has 0 aromatic heterocycles. The molecule has 1 aliphatic rings. The number of benzene rings is 2. The summed E-state index contributed by atoms with van der Waals surface area (Å²) >= 11 is 0. The first-order chi connectivity index (χ1) is 14.6. The molecule has 0 spiro atoms. The van der Waals surface area contributed by atoms with E-state index in [1.54, 1.807) is 6.92 Å². The van der Waals surface area contributed by atoms with Gasteiger partial charge in [-0.05, 0) is 30.7 Å². The molecular weight excluding hydrogens is 428 g/mol. The van der Waals surface area contributed by atoms with Crippen molar-refractivity contribution in [1.29, 1.82) is 5.26 Å². The van der Waals surface area contributed by atoms with Crippen molar-refractivity contribution in [2.45, 2.75) is 30.7 Å². The molecule has 0 aliphatic carbocycles. The Balaban J connectivity index is 1.80. The summed E-state index contributed by atoms with van der Waals surface area (Å²) in [4.78, 5) is 12.1. The Hall–Kier alpha value is -3.33. The maximum absolute atomic E-state index is 12.6. The minimum atomic E-state index is -4.16. The molecule has 0 radical (unpaired) electrons. The van der Waals surface area contributed by atoms with Crippen molar-refractivity contribution in [3.8, 4) is 6.07 Å². The minimum absolute atomic E-state index is 0.0879. The van der Waals surface area contributed by atoms with Gasteiger partial charge in [0, 0.05) is 17.5 Å². The molecule has 0 saturated carbocycles. The summed E-state index contributed by atoms with van der Waals surface area (Å²) in [7, 11) is -4.16. The number of hydrogen-bond donors (Lipinski definition) is 3. The number of halogens is 2. The van der Waals surface area contributed by atoms with Gasteiger partial charge in [-0.2, -0.15) is 5.26 Å². The molecule has 0 saturated heterocycles. The average Bonchev–Trinajstić information content (AvgIpc) is 3.08. The first-order valence-electron chi connectivity index (χ1n) is 9.09. The van der Waals surface area contributed by atoms with Gasteiger partial charge in [0.2, 0.25) is 15.9 Å². The molecule has 162 valence electrons. The third-order valence-corrected chi connectivity index (χ3v) is 5.54. The predicted molar refractivity (Wildman–Crippen MR) is 110 cm³/mol. The Kier molecular flexibility index (Phi) is 6.35. The molecule has 1 atom stereocenters. The van der Waals surface area contributed by atoms with Crippen LogP contribution >= 0.6 is 0 Å². The van der Waals surface area contributed by atoms with Gasteiger partial charge in [-0.3, -0.25) is 9.80 Å². The van der Waals surface area contributed by atoms with Gasteiger partial charge in [0.15, 0.2) is 0 Å². The van der Waals surface area contributed by atoms with Crippen LogP contribution in [0.15, 0.2) is 59.1 Å². The predicted octanol–water partition coefficient (Wildman–Crippen LogP) is 2.57. The van der Waals surface area contributed by atoms with Crippen molar-refractivity contribution in [3.05, 3.63) is 65.4 Å². The number of alkyl halides is 2. The lowest BCUT2D eigenvalue weighted by Crippen LogP contribution is -2.35. The lowest BCUT2D eigenvalue weighted by molar-refractivity contribution is -0.115. The van der Waals surface area contributed by atoms with Crippen LogP contribution in [0.3, 0.4) is 0 Å². The molecule has 2 aromatic carbocycles. The Morgan fingerprint density at radius 1 is 1.29 bits per heavy atom. The Labute approximate surface area is 178 Å². The van der Waals surface area contributed by atoms with E-state index in [0.717, 1.165) is 0 Å². The summed E-state index contributed by atoms with van der Waals surface area (Å²) in [5.41, 5.74) is 4.13. The second kappa shape index (κ2) is 8.81. The Morgan fingerprint density at radius 3 is 2.52 bits per heavy atom. The number of primary sulfonamides is 1. The topological polar surface area (TPSA) is 128 Å². The number of nitrogens with one attached hydrogen (secondary N) is 2. The number of rotatable bonds is 6. The molecule has 11 heteroatoms. The highest BCUT2D eigenvalue weighted by Gasteiger charge is 2.26. The molecular formula is C20H19F2N5O3S. The number of carbonyl (C=O) groups is 1. The SMILES string of the molecule is CC1NN(c2ccc(NC(=O)Cc3ccc(C(F)F)cc3)cc2S(N)(=O)=O)C=C1C#N. The number of amides is 1. The molecule has 0 fully saturated rings. The first-order valence-corrected chi connectivity index (χ1v) is 10.6. The molecule has 1 aliphatic heterocycles. The normalized spacial score (nSPS) is 16.2. The maximum Gasteiger partial charge on any atom is 0.263 e. The van der Waals surface area contributed by atoms with E-state index in [9.17, 15) is 22.0 Å². The second-order valence-electron chi connectivity index (χ2n) is 6.91. The third-order valence-electron chi connectivity index (χ3n) is 4.60. The van der Waals surface area contributed by atoms with Crippen LogP contribution in [0.2, 0.25) is 0 Å². The largest absolute Gasteiger partial charge is 0.326 e. The zero-order valence-electron chi connectivity index (χ0n) is 16.3. The van der Waals surface area contributed by atoms with Gasteiger partial charge in [-0.15, -0.1) is 0 Å². The number of sulfonamides is 1. The number of anilines is 2. The highest BCUT2D eigenvalue weighted by atomic mass is 32.2. The van der Waals surface area contributed by atoms with Crippen LogP contribution in [0, 0.1) is 11.3 Å². The maximum atomic E-state index is 12.6. The van der Waals surface area contributed by atoms with Crippen LogP contribution in [-0.2, 0) is 21.2 Å². The van der Waals surface area contributed by atoms with Gasteiger partial charge in [0.05, 0.1) is 29.8 Å². The fraction of sp³-hybridized carbons (Fsp3) is 0.200. The monoisotopic (exact) mass is 447 g/mol. The quantitative estimate of drug-likeness (QED) is 0.624. The van der Waals surface area contributed by atoms with Gasteiger partial charge in [0.1, 0.15) is 4.90 Å². The van der Waals surface area contributed by atoms with Crippen molar-refractivity contribution in [2.75, 3.05) is 10.3 Å². The summed E-state index contributed by atoms with van der Waals surface area (Å²) < 4.78 is 49.5. The summed E-state index contributed by atoms with van der Waals surface area (Å²) in [6, 6.07) is 11.2. The summed E-state index contributed by atoms with van der Waals surface area (Å²) in [6.07, 6.45) is -1.21. The molecule has 3 rings (SSSR count). The fourth-order valence-corrected chi connectivity index (χ4v) is 3.77. The molecule has 0 bridgehead atoms. The van der Waals surface area contributed by atoms with Gasteiger partial charge < -0.3 is 5.32 Å². The van der Waals surface area contributed by atoms with E-state index in [2.05, 4.69) is 10.7 Å². The van der Waals surface area contributed by atoms with E-state index in [4.69, 9.17) is 10.4 Å². The van der Waals surface area contributed by atoms with E-state index in [1.165, 1.54) is 53.7 Å². The van der Waals surface area contributed by atoms with Gasteiger partial charge in [-0.1, -0.05) is 24.3 Å². The number of nitrogens with zero attached hydrogens (tertiary/aromatic N) is 2. The summed E-state index contributed by atoms with van der Waals surface area (Å²) in [5.74, 6) is -0.461. The van der Waals surface area contributed by atoms with E-state index in [0.29, 0.717) is 11.1 Å². The van der Waals surface area contributed by atoms with Crippen molar-refractivity contribution in [2.24, 2.45) is 5.14 Å². The zero-order valence-corrected chi connectivity index (χ0v) is 17.2. The molecule has 31 heavy (non-hydrogen) atoms. The standard InChI is InChI=1S/C20H19F2N5O3S/c1-12-15(10-23)11-27(26-12)17-7-6-16(9-18(17)31(24,29)30)25-19(28)8-13-2-4-14(5-3-13)20(21)22/h2-7,9,11-12,20,26H,8H2,1H3,(H,25,28)(H2,24,29,30).